The highest BCUT2D eigenvalue weighted by atomic mass is 15.2. The molecule has 77 heavy (non-hydrogen) atoms. The summed E-state index contributed by atoms with van der Waals surface area (Å²) in [6, 6.07) is 59.6. The maximum Gasteiger partial charge on any atom is 0.252 e. The predicted molar refractivity (Wildman–Crippen MR) is 333 cm³/mol. The van der Waals surface area contributed by atoms with Crippen molar-refractivity contribution in [3.8, 4) is 22.3 Å². The SMILES string of the molecule is [2H]c1c([2H])c([2H])c(-c2ccc(N(c3ccc(C(C)(C)C)cc3)c3ccc4c(c3)N(c3ccc5c(c3)-c3ccccc3C5(C)C)c3cc(C(C)(C)C)cc5c3B4c3cc(C(C)(C)C)ccc3N5c3ccc(C(C)(C)C)cc3)cc2)c([2H])c1[2H]. The summed E-state index contributed by atoms with van der Waals surface area (Å²) in [5.41, 5.74) is 23.7. The molecule has 0 bridgehead atoms. The molecule has 1 aliphatic carbocycles. The smallest absolute Gasteiger partial charge is 0.252 e. The van der Waals surface area contributed by atoms with E-state index in [0.29, 0.717) is 5.56 Å². The summed E-state index contributed by atoms with van der Waals surface area (Å²) in [7, 11) is 0. The van der Waals surface area contributed by atoms with Gasteiger partial charge in [0.05, 0.1) is 6.85 Å². The van der Waals surface area contributed by atoms with Crippen LogP contribution in [0.1, 0.15) is 137 Å². The second-order valence-corrected chi connectivity index (χ2v) is 26.4. The normalized spacial score (nSPS) is 15.3. The summed E-state index contributed by atoms with van der Waals surface area (Å²) in [6.07, 6.45) is 0. The molecule has 384 valence electrons. The summed E-state index contributed by atoms with van der Waals surface area (Å²) in [5.74, 6) is 0. The fourth-order valence-electron chi connectivity index (χ4n) is 12.3. The molecule has 3 aliphatic rings. The first-order chi connectivity index (χ1) is 38.5. The van der Waals surface area contributed by atoms with Crippen LogP contribution >= 0.6 is 0 Å². The van der Waals surface area contributed by atoms with Crippen LogP contribution in [-0.4, -0.2) is 6.71 Å². The van der Waals surface area contributed by atoms with Gasteiger partial charge in [-0.05, 0) is 173 Å². The largest absolute Gasteiger partial charge is 0.311 e. The Labute approximate surface area is 467 Å². The van der Waals surface area contributed by atoms with Crippen LogP contribution in [0, 0.1) is 0 Å². The molecule has 12 rings (SSSR count). The lowest BCUT2D eigenvalue weighted by molar-refractivity contribution is 0.589. The monoisotopic (exact) mass is 1010 g/mol. The number of hydrogen-bond acceptors (Lipinski definition) is 3. The van der Waals surface area contributed by atoms with Gasteiger partial charge in [0.1, 0.15) is 0 Å². The van der Waals surface area contributed by atoms with Gasteiger partial charge in [0.15, 0.2) is 0 Å². The molecule has 0 atom stereocenters. The fraction of sp³-hybridized carbons (Fsp3) is 0.260. The first-order valence-corrected chi connectivity index (χ1v) is 27.5. The van der Waals surface area contributed by atoms with E-state index in [9.17, 15) is 0 Å². The lowest BCUT2D eigenvalue weighted by atomic mass is 9.33. The number of benzene rings is 9. The van der Waals surface area contributed by atoms with E-state index in [4.69, 9.17) is 6.85 Å². The lowest BCUT2D eigenvalue weighted by Crippen LogP contribution is -2.61. The molecule has 0 saturated carbocycles. The Morgan fingerprint density at radius 2 is 0.922 bits per heavy atom. The van der Waals surface area contributed by atoms with Gasteiger partial charge in [0.25, 0.3) is 6.71 Å². The standard InChI is InChI=1S/C73H74BN3/c1-69(2,3)49-26-33-54(34-27-49)75(53-31-24-48(25-32-53)47-20-16-15-17-21-47)57-38-40-62-65(46-57)77(56-37-39-61-59(45-56)58-22-18-19-23-60(58)73(61,13)14)67-44-52(72(10,11)12)43-66-68(67)74(62)63-42-51(71(7,8)9)30-41-64(63)76(66)55-35-28-50(29-36-55)70(4,5)6/h15-46H,1-14H3/i15D,16D,17D,20D,21D. The van der Waals surface area contributed by atoms with Crippen molar-refractivity contribution >= 4 is 74.3 Å². The van der Waals surface area contributed by atoms with E-state index in [2.05, 4.69) is 251 Å². The molecule has 9 aromatic rings. The molecule has 0 fully saturated rings. The van der Waals surface area contributed by atoms with Gasteiger partial charge < -0.3 is 14.7 Å². The maximum absolute atomic E-state index is 8.85. The van der Waals surface area contributed by atoms with E-state index in [1.807, 2.05) is 24.3 Å². The molecule has 0 spiro atoms. The Bertz CT molecular complexity index is 4030. The van der Waals surface area contributed by atoms with Crippen LogP contribution in [-0.2, 0) is 27.1 Å². The topological polar surface area (TPSA) is 9.72 Å². The summed E-state index contributed by atoms with van der Waals surface area (Å²) in [4.78, 5) is 7.38. The zero-order valence-corrected chi connectivity index (χ0v) is 47.5. The Morgan fingerprint density at radius 3 is 1.53 bits per heavy atom. The van der Waals surface area contributed by atoms with Gasteiger partial charge in [-0.2, -0.15) is 0 Å². The first-order valence-electron chi connectivity index (χ1n) is 30.0. The minimum atomic E-state index is -0.404. The minimum Gasteiger partial charge on any atom is -0.311 e. The Kier molecular flexibility index (Phi) is 10.3. The highest BCUT2D eigenvalue weighted by Crippen LogP contribution is 2.53. The molecular formula is C73H74BN3. The number of hydrogen-bond donors (Lipinski definition) is 0. The average Bonchev–Trinajstić information content (AvgIpc) is 0.941. The quantitative estimate of drug-likeness (QED) is 0.154. The van der Waals surface area contributed by atoms with E-state index in [1.165, 1.54) is 72.3 Å². The Morgan fingerprint density at radius 1 is 0.403 bits per heavy atom. The molecule has 3 nitrogen and oxygen atoms in total. The summed E-state index contributed by atoms with van der Waals surface area (Å²) < 4.78 is 43.0. The minimum absolute atomic E-state index is 0.00588. The summed E-state index contributed by atoms with van der Waals surface area (Å²) in [6.45, 7) is 32.0. The highest BCUT2D eigenvalue weighted by Gasteiger charge is 2.45. The number of anilines is 9. The molecule has 0 unspecified atom stereocenters. The van der Waals surface area contributed by atoms with Crippen molar-refractivity contribution in [1.82, 2.24) is 0 Å². The summed E-state index contributed by atoms with van der Waals surface area (Å²) in [5, 5.41) is 0. The molecular weight excluding hydrogens is 930 g/mol. The molecule has 4 heteroatoms. The zero-order valence-electron chi connectivity index (χ0n) is 52.5. The van der Waals surface area contributed by atoms with Crippen molar-refractivity contribution in [2.75, 3.05) is 14.7 Å². The van der Waals surface area contributed by atoms with Crippen LogP contribution in [0.4, 0.5) is 51.2 Å². The average molecular weight is 1010 g/mol. The predicted octanol–water partition coefficient (Wildman–Crippen LogP) is 18.4. The molecule has 0 radical (unpaired) electrons. The van der Waals surface area contributed by atoms with Crippen LogP contribution in [0.25, 0.3) is 22.3 Å². The lowest BCUT2D eigenvalue weighted by Gasteiger charge is -2.45. The van der Waals surface area contributed by atoms with E-state index in [0.717, 1.165) is 39.8 Å². The molecule has 0 aromatic heterocycles. The van der Waals surface area contributed by atoms with Gasteiger partial charge in [0.2, 0.25) is 0 Å². The number of nitrogens with zero attached hydrogens (tertiary/aromatic N) is 3. The van der Waals surface area contributed by atoms with Crippen molar-refractivity contribution in [2.45, 2.75) is 124 Å². The molecule has 0 saturated heterocycles. The maximum atomic E-state index is 8.85. The van der Waals surface area contributed by atoms with Gasteiger partial charge in [-0.25, -0.2) is 0 Å². The molecule has 0 N–H and O–H groups in total. The van der Waals surface area contributed by atoms with Gasteiger partial charge in [0, 0.05) is 56.6 Å². The fourth-order valence-corrected chi connectivity index (χ4v) is 12.3. The van der Waals surface area contributed by atoms with Crippen molar-refractivity contribution in [3.05, 3.63) is 227 Å². The van der Waals surface area contributed by atoms with Crippen LogP contribution in [0.5, 0.6) is 0 Å². The van der Waals surface area contributed by atoms with Crippen LogP contribution in [0.2, 0.25) is 0 Å². The second-order valence-electron chi connectivity index (χ2n) is 26.4. The van der Waals surface area contributed by atoms with E-state index in [-0.39, 0.29) is 63.5 Å². The number of fused-ring (bicyclic) bond motifs is 7. The van der Waals surface area contributed by atoms with Crippen molar-refractivity contribution < 1.29 is 6.85 Å². The van der Waals surface area contributed by atoms with Gasteiger partial charge in [-0.15, -0.1) is 0 Å². The van der Waals surface area contributed by atoms with Crippen molar-refractivity contribution in [3.63, 3.8) is 0 Å². The highest BCUT2D eigenvalue weighted by molar-refractivity contribution is 7.00. The molecule has 2 heterocycles. The second kappa shape index (κ2) is 17.7. The van der Waals surface area contributed by atoms with Gasteiger partial charge in [-0.1, -0.05) is 212 Å². The molecule has 0 amide bonds. The first kappa shape index (κ1) is 44.6. The van der Waals surface area contributed by atoms with Crippen LogP contribution in [0.15, 0.2) is 194 Å². The molecule has 2 aliphatic heterocycles. The third-order valence-corrected chi connectivity index (χ3v) is 16.8. The molecule has 9 aromatic carbocycles. The van der Waals surface area contributed by atoms with Gasteiger partial charge in [-0.3, -0.25) is 0 Å². The zero-order chi connectivity index (χ0) is 58.5. The Hall–Kier alpha value is -7.56. The Balaban J connectivity index is 1.15. The van der Waals surface area contributed by atoms with Gasteiger partial charge >= 0.3 is 0 Å². The van der Waals surface area contributed by atoms with E-state index in [1.54, 1.807) is 0 Å². The van der Waals surface area contributed by atoms with Crippen LogP contribution < -0.4 is 31.1 Å². The summed E-state index contributed by atoms with van der Waals surface area (Å²) >= 11 is 0. The number of rotatable bonds is 6. The van der Waals surface area contributed by atoms with E-state index >= 15 is 0 Å². The van der Waals surface area contributed by atoms with Crippen LogP contribution in [0.3, 0.4) is 0 Å². The van der Waals surface area contributed by atoms with Crippen molar-refractivity contribution in [1.29, 1.82) is 0 Å². The third kappa shape index (κ3) is 8.51. The third-order valence-electron chi connectivity index (χ3n) is 16.8. The van der Waals surface area contributed by atoms with Crippen molar-refractivity contribution in [2.24, 2.45) is 0 Å². The van der Waals surface area contributed by atoms with E-state index < -0.39 is 6.04 Å².